The van der Waals surface area contributed by atoms with Crippen molar-refractivity contribution in [2.45, 2.75) is 21.6 Å². The third-order valence-corrected chi connectivity index (χ3v) is 8.39. The normalized spacial score (nSPS) is 13.0. The van der Waals surface area contributed by atoms with Gasteiger partial charge in [0.25, 0.3) is 30.4 Å². The highest BCUT2D eigenvalue weighted by atomic mass is 32.2. The zero-order valence-corrected chi connectivity index (χ0v) is 23.6. The molecule has 0 aliphatic carbocycles. The molecule has 4 aromatic rings. The lowest BCUT2D eigenvalue weighted by atomic mass is 10.0. The van der Waals surface area contributed by atoms with Gasteiger partial charge in [0.15, 0.2) is 5.75 Å². The van der Waals surface area contributed by atoms with Crippen LogP contribution in [0.3, 0.4) is 0 Å². The van der Waals surface area contributed by atoms with E-state index in [4.69, 9.17) is 11.5 Å². The Morgan fingerprint density at radius 3 is 1.79 bits per heavy atom. The molecule has 0 aliphatic rings. The summed E-state index contributed by atoms with van der Waals surface area (Å²) in [6.07, 6.45) is 0. The molecule has 42 heavy (non-hydrogen) atoms. The van der Waals surface area contributed by atoms with Crippen LogP contribution in [0, 0.1) is 6.92 Å². The summed E-state index contributed by atoms with van der Waals surface area (Å²) in [4.78, 5) is -2.17. The molecule has 16 nitrogen and oxygen atoms in total. The Bertz CT molecular complexity index is 2170. The summed E-state index contributed by atoms with van der Waals surface area (Å²) in [6, 6.07) is 10.5. The van der Waals surface area contributed by atoms with Crippen molar-refractivity contribution in [3.05, 3.63) is 60.2 Å². The second-order valence-corrected chi connectivity index (χ2v) is 12.8. The highest BCUT2D eigenvalue weighted by molar-refractivity contribution is 7.86. The average Bonchev–Trinajstić information content (AvgIpc) is 2.86. The van der Waals surface area contributed by atoms with Gasteiger partial charge in [0, 0.05) is 5.69 Å². The van der Waals surface area contributed by atoms with Crippen molar-refractivity contribution in [1.82, 2.24) is 0 Å². The summed E-state index contributed by atoms with van der Waals surface area (Å²) in [7, 11) is -14.5. The van der Waals surface area contributed by atoms with E-state index < -0.39 is 67.9 Å². The van der Waals surface area contributed by atoms with E-state index in [1.807, 2.05) is 0 Å². The molecular weight excluding hydrogens is 616 g/mol. The lowest BCUT2D eigenvalue weighted by Gasteiger charge is -2.14. The van der Waals surface area contributed by atoms with Gasteiger partial charge in [-0.05, 0) is 60.3 Å². The van der Waals surface area contributed by atoms with Gasteiger partial charge in [-0.15, -0.1) is 20.5 Å². The van der Waals surface area contributed by atoms with Crippen molar-refractivity contribution < 1.29 is 44.0 Å². The first kappa shape index (κ1) is 30.4. The molecule has 0 bridgehead atoms. The maximum atomic E-state index is 12.2. The van der Waals surface area contributed by atoms with Crippen molar-refractivity contribution in [3.8, 4) is 5.75 Å². The van der Waals surface area contributed by atoms with Crippen molar-refractivity contribution in [3.63, 3.8) is 0 Å². The fraction of sp³-hybridized carbons (Fsp3) is 0.0435. The van der Waals surface area contributed by atoms with E-state index in [1.54, 1.807) is 0 Å². The van der Waals surface area contributed by atoms with E-state index in [2.05, 4.69) is 20.5 Å². The number of hydrogen-bond acceptors (Lipinski definition) is 13. The van der Waals surface area contributed by atoms with Crippen LogP contribution in [0.4, 0.5) is 34.1 Å². The summed E-state index contributed by atoms with van der Waals surface area (Å²) in [5.74, 6) is -0.653. The Morgan fingerprint density at radius 1 is 0.643 bits per heavy atom. The topological polar surface area (TPSA) is 285 Å². The number of hydrogen-bond donors (Lipinski definition) is 6. The van der Waals surface area contributed by atoms with Gasteiger partial charge in [-0.25, -0.2) is 0 Å². The van der Waals surface area contributed by atoms with Crippen molar-refractivity contribution in [1.29, 1.82) is 0 Å². The number of nitrogens with two attached hydrogens (primary N) is 2. The van der Waals surface area contributed by atoms with Gasteiger partial charge in [-0.1, -0.05) is 12.1 Å². The number of azo groups is 2. The molecule has 0 amide bonds. The number of phenolic OH excluding ortho intramolecular Hbond substituents is 1. The third-order valence-electron chi connectivity index (χ3n) is 5.74. The summed E-state index contributed by atoms with van der Waals surface area (Å²) in [6.45, 7) is 1.46. The van der Waals surface area contributed by atoms with E-state index in [9.17, 15) is 44.0 Å². The molecule has 0 saturated carbocycles. The Labute approximate surface area is 238 Å². The van der Waals surface area contributed by atoms with Crippen LogP contribution >= 0.6 is 0 Å². The van der Waals surface area contributed by atoms with Crippen LogP contribution in [0.25, 0.3) is 10.8 Å². The molecule has 19 heteroatoms. The molecule has 0 heterocycles. The van der Waals surface area contributed by atoms with Gasteiger partial charge in [-0.2, -0.15) is 25.3 Å². The van der Waals surface area contributed by atoms with Crippen LogP contribution in [-0.2, 0) is 30.4 Å². The van der Waals surface area contributed by atoms with Crippen molar-refractivity contribution in [2.24, 2.45) is 20.5 Å². The summed E-state index contributed by atoms with van der Waals surface area (Å²) in [5, 5.41) is 26.0. The van der Waals surface area contributed by atoms with E-state index in [0.717, 1.165) is 24.3 Å². The zero-order chi connectivity index (χ0) is 31.2. The maximum absolute atomic E-state index is 12.2. The molecule has 0 radical (unpaired) electrons. The van der Waals surface area contributed by atoms with E-state index in [-0.39, 0.29) is 33.4 Å². The number of phenols is 1. The van der Waals surface area contributed by atoms with Crippen LogP contribution in [0.2, 0.25) is 0 Å². The first-order chi connectivity index (χ1) is 19.4. The number of fused-ring (bicyclic) bond motifs is 1. The van der Waals surface area contributed by atoms with Gasteiger partial charge in [0.05, 0.1) is 11.1 Å². The minimum absolute atomic E-state index is 0.00234. The van der Waals surface area contributed by atoms with E-state index >= 15 is 0 Å². The van der Waals surface area contributed by atoms with Crippen molar-refractivity contribution >= 4 is 75.3 Å². The van der Waals surface area contributed by atoms with Crippen LogP contribution in [0.15, 0.2) is 89.7 Å². The third kappa shape index (κ3) is 6.05. The molecule has 4 aromatic carbocycles. The average molecular weight is 637 g/mol. The molecule has 0 aromatic heterocycles. The van der Waals surface area contributed by atoms with E-state index in [0.29, 0.717) is 0 Å². The predicted molar refractivity (Wildman–Crippen MR) is 150 cm³/mol. The molecule has 0 fully saturated rings. The van der Waals surface area contributed by atoms with Gasteiger partial charge >= 0.3 is 0 Å². The summed E-state index contributed by atoms with van der Waals surface area (Å²) in [5.41, 5.74) is 9.70. The molecule has 220 valence electrons. The quantitative estimate of drug-likeness (QED) is 0.0922. The fourth-order valence-corrected chi connectivity index (χ4v) is 5.84. The minimum Gasteiger partial charge on any atom is -0.505 e. The number of rotatable bonds is 7. The van der Waals surface area contributed by atoms with E-state index in [1.165, 1.54) is 37.3 Å². The lowest BCUT2D eigenvalue weighted by Crippen LogP contribution is -2.02. The Kier molecular flexibility index (Phi) is 7.76. The molecule has 8 N–H and O–H groups in total. The number of anilines is 2. The smallest absolute Gasteiger partial charge is 0.296 e. The molecule has 0 unspecified atom stereocenters. The first-order valence-electron chi connectivity index (χ1n) is 11.2. The van der Waals surface area contributed by atoms with Gasteiger partial charge in [0.2, 0.25) is 0 Å². The Hall–Kier alpha value is -4.53. The molecule has 0 aliphatic heterocycles. The number of aryl methyl sites for hydroxylation is 1. The first-order valence-corrected chi connectivity index (χ1v) is 15.5. The number of aromatic hydroxyl groups is 1. The van der Waals surface area contributed by atoms with Crippen LogP contribution < -0.4 is 11.5 Å². The standard InChI is InChI=1S/C23H20N6O10S3/c1-11-8-12-9-18(42(37,38)39)22(29-27-15-7-6-13(24)10-17(15)41(34,35)36)20(25)19(12)23(30)21(11)28-26-14-4-2-3-5-16(14)40(31,32)33/h2-10,30H,24-25H2,1H3,(H,31,32,33)(H,34,35,36)(H,37,38,39). The summed E-state index contributed by atoms with van der Waals surface area (Å²) >= 11 is 0. The predicted octanol–water partition coefficient (Wildman–Crippen LogP) is 4.59. The molecule has 0 saturated heterocycles. The molecule has 0 spiro atoms. The second kappa shape index (κ2) is 10.7. The largest absolute Gasteiger partial charge is 0.505 e. The maximum Gasteiger partial charge on any atom is 0.296 e. The number of nitrogens with zero attached hydrogens (tertiary/aromatic N) is 4. The molecule has 4 rings (SSSR count). The molecule has 0 atom stereocenters. The molecular formula is C23H20N6O10S3. The van der Waals surface area contributed by atoms with Crippen LogP contribution in [0.5, 0.6) is 5.75 Å². The Morgan fingerprint density at radius 2 is 1.19 bits per heavy atom. The van der Waals surface area contributed by atoms with Crippen LogP contribution in [-0.4, -0.2) is 44.0 Å². The SMILES string of the molecule is Cc1cc2cc(S(=O)(=O)O)c(N=Nc3ccc(N)cc3S(=O)(=O)O)c(N)c2c(O)c1N=Nc1ccccc1S(=O)(=O)O. The lowest BCUT2D eigenvalue weighted by molar-refractivity contribution is 0.480. The highest BCUT2D eigenvalue weighted by Gasteiger charge is 2.25. The monoisotopic (exact) mass is 636 g/mol. The fourth-order valence-electron chi connectivity index (χ4n) is 3.88. The Balaban J connectivity index is 1.97. The second-order valence-electron chi connectivity index (χ2n) is 8.65. The van der Waals surface area contributed by atoms with Gasteiger partial charge < -0.3 is 16.6 Å². The minimum atomic E-state index is -5.02. The van der Waals surface area contributed by atoms with Gasteiger partial charge in [-0.3, -0.25) is 13.7 Å². The van der Waals surface area contributed by atoms with Crippen molar-refractivity contribution in [2.75, 3.05) is 11.5 Å². The van der Waals surface area contributed by atoms with Crippen LogP contribution in [0.1, 0.15) is 5.56 Å². The highest BCUT2D eigenvalue weighted by Crippen LogP contribution is 2.47. The number of nitrogen functional groups attached to an aromatic ring is 2. The number of benzene rings is 4. The summed E-state index contributed by atoms with van der Waals surface area (Å²) < 4.78 is 100. The zero-order valence-electron chi connectivity index (χ0n) is 21.1. The van der Waals surface area contributed by atoms with Gasteiger partial charge in [0.1, 0.15) is 37.4 Å².